The van der Waals surface area contributed by atoms with Crippen molar-refractivity contribution in [1.29, 1.82) is 0 Å². The molecule has 0 spiro atoms. The van der Waals surface area contributed by atoms with Gasteiger partial charge in [0.1, 0.15) is 0 Å². The summed E-state index contributed by atoms with van der Waals surface area (Å²) >= 11 is 0. The lowest BCUT2D eigenvalue weighted by atomic mass is 9.77. The Morgan fingerprint density at radius 2 is 1.57 bits per heavy atom. The number of benzene rings is 2. The topological polar surface area (TPSA) is 72.5 Å². The van der Waals surface area contributed by atoms with Gasteiger partial charge in [-0.2, -0.15) is 0 Å². The number of carbonyl (C=O) groups excluding carboxylic acids is 1. The normalized spacial score (nSPS) is 13.0. The maximum atomic E-state index is 13.1. The molecule has 3 N–H and O–H groups in total. The highest BCUT2D eigenvalue weighted by molar-refractivity contribution is 6.20. The molecule has 0 bridgehead atoms. The van der Waals surface area contributed by atoms with Gasteiger partial charge in [0.25, 0.3) is 0 Å². The van der Waals surface area contributed by atoms with Crippen molar-refractivity contribution in [3.63, 3.8) is 0 Å². The quantitative estimate of drug-likeness (QED) is 0.709. The van der Waals surface area contributed by atoms with E-state index in [2.05, 4.69) is 11.4 Å². The fourth-order valence-corrected chi connectivity index (χ4v) is 3.22. The summed E-state index contributed by atoms with van der Waals surface area (Å²) in [6.07, 6.45) is 1.02. The Labute approximate surface area is 135 Å². The van der Waals surface area contributed by atoms with Crippen molar-refractivity contribution in [3.05, 3.63) is 76.4 Å². The van der Waals surface area contributed by atoms with Gasteiger partial charge in [0.2, 0.25) is 0 Å². The predicted octanol–water partition coefficient (Wildman–Crippen LogP) is 2.26. The Morgan fingerprint density at radius 3 is 2.09 bits per heavy atom. The van der Waals surface area contributed by atoms with E-state index in [-0.39, 0.29) is 12.4 Å². The zero-order valence-electron chi connectivity index (χ0n) is 12.8. The lowest BCUT2D eigenvalue weighted by Crippen LogP contribution is -2.20. The van der Waals surface area contributed by atoms with E-state index in [9.17, 15) is 9.90 Å². The molecule has 1 aliphatic rings. The Bertz CT molecular complexity index is 780. The molecule has 0 unspecified atom stereocenters. The van der Waals surface area contributed by atoms with Crippen LogP contribution in [-0.2, 0) is 17.7 Å². The summed E-state index contributed by atoms with van der Waals surface area (Å²) in [6.45, 7) is 4.54. The van der Waals surface area contributed by atoms with Crippen LogP contribution >= 0.6 is 0 Å². The zero-order valence-corrected chi connectivity index (χ0v) is 12.8. The van der Waals surface area contributed by atoms with Gasteiger partial charge in [0.15, 0.2) is 5.78 Å². The van der Waals surface area contributed by atoms with E-state index in [1.807, 2.05) is 36.4 Å². The van der Waals surface area contributed by atoms with Gasteiger partial charge in [-0.1, -0.05) is 43.0 Å². The average Bonchev–Trinajstić information content (AvgIpc) is 2.57. The Hall–Kier alpha value is -2.27. The first-order chi connectivity index (χ1) is 11.2. The summed E-state index contributed by atoms with van der Waals surface area (Å²) < 4.78 is 0. The highest BCUT2D eigenvalue weighted by atomic mass is 16.6. The van der Waals surface area contributed by atoms with Crippen LogP contribution in [0.1, 0.15) is 38.2 Å². The van der Waals surface area contributed by atoms with Gasteiger partial charge < -0.3 is 9.94 Å². The molecule has 2 aromatic carbocycles. The molecule has 0 atom stereocenters. The number of aliphatic hydroxyl groups excluding tert-OH is 1. The van der Waals surface area contributed by atoms with Gasteiger partial charge in [-0.3, -0.25) is 4.79 Å². The summed E-state index contributed by atoms with van der Waals surface area (Å²) in [5.41, 5.74) is 5.63. The van der Waals surface area contributed by atoms with Gasteiger partial charge in [-0.05, 0) is 40.7 Å². The second-order valence-electron chi connectivity index (χ2n) is 5.58. The fourth-order valence-electron chi connectivity index (χ4n) is 3.22. The van der Waals surface area contributed by atoms with Crippen LogP contribution in [0.5, 0.6) is 0 Å². The lowest BCUT2D eigenvalue weighted by Gasteiger charge is -2.25. The summed E-state index contributed by atoms with van der Waals surface area (Å²) in [5, 5.41) is 9.28. The van der Waals surface area contributed by atoms with Crippen LogP contribution in [0, 0.1) is 0 Å². The number of fused-ring (bicyclic) bond motifs is 2. The molecule has 0 saturated carbocycles. The highest BCUT2D eigenvalue weighted by Crippen LogP contribution is 2.38. The molecule has 3 rings (SSSR count). The first-order valence-corrected chi connectivity index (χ1v) is 7.59. The minimum atomic E-state index is -0.0147. The van der Waals surface area contributed by atoms with Gasteiger partial charge in [0, 0.05) is 17.7 Å². The monoisotopic (exact) mass is 309 g/mol. The predicted molar refractivity (Wildman–Crippen MR) is 89.1 cm³/mol. The van der Waals surface area contributed by atoms with E-state index in [0.717, 1.165) is 27.8 Å². The molecular formula is C19H19NO3. The zero-order chi connectivity index (χ0) is 16.4. The molecule has 118 valence electrons. The smallest absolute Gasteiger partial charge is 0.194 e. The van der Waals surface area contributed by atoms with Crippen molar-refractivity contribution < 1.29 is 14.7 Å². The molecule has 2 aromatic rings. The number of nitrogens with two attached hydrogens (primary N) is 1. The van der Waals surface area contributed by atoms with E-state index < -0.39 is 0 Å². The van der Waals surface area contributed by atoms with Crippen molar-refractivity contribution in [2.24, 2.45) is 5.90 Å². The van der Waals surface area contributed by atoms with Crippen LogP contribution in [0.15, 0.2) is 43.0 Å². The summed E-state index contributed by atoms with van der Waals surface area (Å²) in [6, 6.07) is 11.5. The van der Waals surface area contributed by atoms with Gasteiger partial charge in [0.05, 0.1) is 6.61 Å². The molecule has 0 radical (unpaired) electrons. The molecule has 0 saturated heterocycles. The molecule has 0 amide bonds. The van der Waals surface area contributed by atoms with Crippen LogP contribution in [0.4, 0.5) is 0 Å². The Morgan fingerprint density at radius 1 is 1.00 bits per heavy atom. The maximum absolute atomic E-state index is 13.1. The fraction of sp³-hybridized carbons (Fsp3) is 0.211. The molecule has 0 aliphatic heterocycles. The van der Waals surface area contributed by atoms with Crippen LogP contribution in [0.3, 0.4) is 0 Å². The van der Waals surface area contributed by atoms with E-state index >= 15 is 0 Å². The van der Waals surface area contributed by atoms with Gasteiger partial charge >= 0.3 is 0 Å². The molecular weight excluding hydrogens is 290 g/mol. The van der Waals surface area contributed by atoms with Crippen molar-refractivity contribution in [3.8, 4) is 0 Å². The summed E-state index contributed by atoms with van der Waals surface area (Å²) in [5.74, 6) is 5.11. The van der Waals surface area contributed by atoms with Crippen molar-refractivity contribution >= 4 is 11.4 Å². The Balaban J connectivity index is 2.18. The van der Waals surface area contributed by atoms with Gasteiger partial charge in [-0.15, -0.1) is 0 Å². The van der Waals surface area contributed by atoms with E-state index in [1.54, 1.807) is 0 Å². The number of hydrogen-bond donors (Lipinski definition) is 2. The number of rotatable bonds is 5. The summed E-state index contributed by atoms with van der Waals surface area (Å²) in [4.78, 5) is 17.8. The number of aliphatic hydroxyl groups is 1. The minimum absolute atomic E-state index is 0.00568. The van der Waals surface area contributed by atoms with E-state index in [0.29, 0.717) is 30.6 Å². The molecule has 4 heteroatoms. The summed E-state index contributed by atoms with van der Waals surface area (Å²) in [7, 11) is 0. The first kappa shape index (κ1) is 15.6. The molecule has 4 nitrogen and oxygen atoms in total. The first-order valence-electron chi connectivity index (χ1n) is 7.59. The largest absolute Gasteiger partial charge is 0.396 e. The molecule has 0 heterocycles. The minimum Gasteiger partial charge on any atom is -0.396 e. The standard InChI is InChI=1S/C19H19NO3/c1-12-15-6-2-4-13(8-10-21)17(15)19(22)18-14(9-11-23-20)5-3-7-16(12)18/h2-7,21H,1,8-11,20H2. The average molecular weight is 309 g/mol. The molecule has 0 aromatic heterocycles. The second kappa shape index (κ2) is 6.46. The van der Waals surface area contributed by atoms with Crippen molar-refractivity contribution in [2.45, 2.75) is 12.8 Å². The number of ketones is 1. The van der Waals surface area contributed by atoms with Crippen molar-refractivity contribution in [2.75, 3.05) is 13.2 Å². The molecule has 23 heavy (non-hydrogen) atoms. The SMILES string of the molecule is C=C1c2cccc(CCO)c2C(=O)c2c(CCON)cccc21. The van der Waals surface area contributed by atoms with Crippen LogP contribution in [0.2, 0.25) is 0 Å². The van der Waals surface area contributed by atoms with Crippen LogP contribution in [-0.4, -0.2) is 24.1 Å². The van der Waals surface area contributed by atoms with E-state index in [1.165, 1.54) is 0 Å². The second-order valence-corrected chi connectivity index (χ2v) is 5.58. The van der Waals surface area contributed by atoms with Gasteiger partial charge in [-0.25, -0.2) is 5.90 Å². The maximum Gasteiger partial charge on any atom is 0.194 e. The molecule has 1 aliphatic carbocycles. The number of carbonyl (C=O) groups is 1. The third-order valence-corrected chi connectivity index (χ3v) is 4.28. The van der Waals surface area contributed by atoms with Crippen LogP contribution in [0.25, 0.3) is 5.57 Å². The Kier molecular flexibility index (Phi) is 4.39. The third kappa shape index (κ3) is 2.61. The van der Waals surface area contributed by atoms with E-state index in [4.69, 9.17) is 5.90 Å². The number of hydrogen-bond acceptors (Lipinski definition) is 4. The third-order valence-electron chi connectivity index (χ3n) is 4.28. The highest BCUT2D eigenvalue weighted by Gasteiger charge is 2.29. The molecule has 0 fully saturated rings. The van der Waals surface area contributed by atoms with Crippen molar-refractivity contribution in [1.82, 2.24) is 0 Å². The lowest BCUT2D eigenvalue weighted by molar-refractivity contribution is 0.103. The van der Waals surface area contributed by atoms with Crippen LogP contribution < -0.4 is 5.90 Å².